The highest BCUT2D eigenvalue weighted by Gasteiger charge is 2.11. The van der Waals surface area contributed by atoms with E-state index in [4.69, 9.17) is 0 Å². The summed E-state index contributed by atoms with van der Waals surface area (Å²) in [5.41, 5.74) is 1.83. The summed E-state index contributed by atoms with van der Waals surface area (Å²) in [5, 5.41) is 14.1. The number of hydrogen-bond acceptors (Lipinski definition) is 7. The van der Waals surface area contributed by atoms with Crippen LogP contribution in [-0.2, 0) is 11.2 Å². The molecule has 3 aromatic rings. The van der Waals surface area contributed by atoms with E-state index in [-0.39, 0.29) is 12.3 Å². The van der Waals surface area contributed by atoms with Crippen molar-refractivity contribution in [1.82, 2.24) is 15.2 Å². The Bertz CT molecular complexity index is 785. The number of benzene rings is 1. The first kappa shape index (κ1) is 16.1. The monoisotopic (exact) mass is 362 g/mol. The Morgan fingerprint density at radius 1 is 1.26 bits per heavy atom. The van der Waals surface area contributed by atoms with Crippen LogP contribution in [0.4, 0.5) is 5.13 Å². The van der Waals surface area contributed by atoms with E-state index in [2.05, 4.69) is 27.4 Å². The molecule has 2 heterocycles. The number of thiazole rings is 1. The number of rotatable bonds is 6. The molecular weight excluding hydrogens is 348 g/mol. The summed E-state index contributed by atoms with van der Waals surface area (Å²) < 4.78 is 0.864. The van der Waals surface area contributed by atoms with Gasteiger partial charge in [0.2, 0.25) is 11.0 Å². The predicted octanol–water partition coefficient (Wildman–Crippen LogP) is 3.95. The smallest absolute Gasteiger partial charge is 0.232 e. The van der Waals surface area contributed by atoms with Crippen LogP contribution < -0.4 is 5.32 Å². The van der Waals surface area contributed by atoms with Gasteiger partial charge in [0.05, 0.1) is 12.1 Å². The normalized spacial score (nSPS) is 10.7. The lowest BCUT2D eigenvalue weighted by Crippen LogP contribution is -2.14. The minimum absolute atomic E-state index is 0.126. The van der Waals surface area contributed by atoms with Crippen LogP contribution in [-0.4, -0.2) is 26.8 Å². The van der Waals surface area contributed by atoms with Crippen molar-refractivity contribution in [3.8, 4) is 10.6 Å². The highest BCUT2D eigenvalue weighted by atomic mass is 32.2. The third-order valence-corrected chi connectivity index (χ3v) is 5.63. The average Bonchev–Trinajstić information content (AvgIpc) is 3.18. The molecule has 1 amide bonds. The summed E-state index contributed by atoms with van der Waals surface area (Å²) in [7, 11) is 0. The molecule has 0 fully saturated rings. The number of anilines is 1. The van der Waals surface area contributed by atoms with Crippen LogP contribution in [0.1, 0.15) is 12.6 Å². The van der Waals surface area contributed by atoms with Gasteiger partial charge in [-0.1, -0.05) is 60.4 Å². The van der Waals surface area contributed by atoms with Crippen LogP contribution in [0.3, 0.4) is 0 Å². The SMILES string of the molecule is CCSc1nnc(NC(=O)Cc2csc(-c3ccccc3)n2)s1. The third-order valence-electron chi connectivity index (χ3n) is 2.83. The molecule has 0 aliphatic rings. The lowest BCUT2D eigenvalue weighted by atomic mass is 10.2. The Balaban J connectivity index is 1.60. The minimum Gasteiger partial charge on any atom is -0.300 e. The molecule has 0 saturated heterocycles. The molecule has 0 saturated carbocycles. The maximum atomic E-state index is 12.1. The Kier molecular flexibility index (Phi) is 5.37. The number of thioether (sulfide) groups is 1. The summed E-state index contributed by atoms with van der Waals surface area (Å²) >= 11 is 4.54. The summed E-state index contributed by atoms with van der Waals surface area (Å²) in [4.78, 5) is 16.6. The van der Waals surface area contributed by atoms with Gasteiger partial charge in [-0.05, 0) is 5.75 Å². The molecule has 8 heteroatoms. The van der Waals surface area contributed by atoms with Gasteiger partial charge >= 0.3 is 0 Å². The maximum Gasteiger partial charge on any atom is 0.232 e. The van der Waals surface area contributed by atoms with Gasteiger partial charge in [0.1, 0.15) is 5.01 Å². The zero-order valence-electron chi connectivity index (χ0n) is 12.4. The van der Waals surface area contributed by atoms with Crippen molar-refractivity contribution in [1.29, 1.82) is 0 Å². The molecular formula is C15H14N4OS3. The van der Waals surface area contributed by atoms with E-state index in [9.17, 15) is 4.79 Å². The van der Waals surface area contributed by atoms with Crippen molar-refractivity contribution in [3.05, 3.63) is 41.4 Å². The molecule has 5 nitrogen and oxygen atoms in total. The lowest BCUT2D eigenvalue weighted by Gasteiger charge is -1.98. The van der Waals surface area contributed by atoms with Crippen molar-refractivity contribution in [3.63, 3.8) is 0 Å². The first-order valence-electron chi connectivity index (χ1n) is 7.00. The third kappa shape index (κ3) is 4.37. The minimum atomic E-state index is -0.126. The zero-order valence-corrected chi connectivity index (χ0v) is 14.8. The van der Waals surface area contributed by atoms with E-state index in [1.165, 1.54) is 11.3 Å². The fourth-order valence-electron chi connectivity index (χ4n) is 1.87. The summed E-state index contributed by atoms with van der Waals surface area (Å²) in [5.74, 6) is 0.808. The number of aromatic nitrogens is 3. The predicted molar refractivity (Wildman–Crippen MR) is 96.2 cm³/mol. The zero-order chi connectivity index (χ0) is 16.1. The van der Waals surface area contributed by atoms with Gasteiger partial charge in [0.25, 0.3) is 0 Å². The number of carbonyl (C=O) groups is 1. The van der Waals surface area contributed by atoms with Crippen LogP contribution >= 0.6 is 34.4 Å². The highest BCUT2D eigenvalue weighted by molar-refractivity contribution is 8.01. The van der Waals surface area contributed by atoms with Crippen molar-refractivity contribution in [2.24, 2.45) is 0 Å². The van der Waals surface area contributed by atoms with Gasteiger partial charge in [-0.15, -0.1) is 21.5 Å². The Labute approximate surface area is 146 Å². The molecule has 0 radical (unpaired) electrons. The van der Waals surface area contributed by atoms with Gasteiger partial charge in [-0.3, -0.25) is 4.79 Å². The van der Waals surface area contributed by atoms with Crippen LogP contribution in [0.2, 0.25) is 0 Å². The van der Waals surface area contributed by atoms with E-state index in [0.717, 1.165) is 26.4 Å². The fourth-order valence-corrected chi connectivity index (χ4v) is 4.36. The maximum absolute atomic E-state index is 12.1. The van der Waals surface area contributed by atoms with Crippen LogP contribution in [0.25, 0.3) is 10.6 Å². The molecule has 0 spiro atoms. The summed E-state index contributed by atoms with van der Waals surface area (Å²) in [6, 6.07) is 9.95. The van der Waals surface area contributed by atoms with Crippen molar-refractivity contribution >= 4 is 45.5 Å². The first-order valence-corrected chi connectivity index (χ1v) is 9.68. The molecule has 0 bridgehead atoms. The number of nitrogens with one attached hydrogen (secondary N) is 1. The van der Waals surface area contributed by atoms with Gasteiger partial charge in [0.15, 0.2) is 4.34 Å². The van der Waals surface area contributed by atoms with E-state index in [1.54, 1.807) is 23.1 Å². The molecule has 1 aromatic carbocycles. The molecule has 0 aliphatic heterocycles. The Hall–Kier alpha value is -1.77. The summed E-state index contributed by atoms with van der Waals surface area (Å²) in [6.07, 6.45) is 0.235. The molecule has 0 aliphatic carbocycles. The van der Waals surface area contributed by atoms with E-state index < -0.39 is 0 Å². The second kappa shape index (κ2) is 7.67. The molecule has 3 rings (SSSR count). The van der Waals surface area contributed by atoms with Crippen LogP contribution in [0.5, 0.6) is 0 Å². The topological polar surface area (TPSA) is 67.8 Å². The average molecular weight is 363 g/mol. The number of carbonyl (C=O) groups excluding carboxylic acids is 1. The van der Waals surface area contributed by atoms with Crippen molar-refractivity contribution < 1.29 is 4.79 Å². The van der Waals surface area contributed by atoms with Gasteiger partial charge in [-0.25, -0.2) is 4.98 Å². The molecule has 23 heavy (non-hydrogen) atoms. The van der Waals surface area contributed by atoms with Crippen molar-refractivity contribution in [2.75, 3.05) is 11.1 Å². The summed E-state index contributed by atoms with van der Waals surface area (Å²) in [6.45, 7) is 2.05. The largest absolute Gasteiger partial charge is 0.300 e. The standard InChI is InChI=1S/C15H14N4OS3/c1-2-21-15-19-18-14(23-15)17-12(20)8-11-9-22-13(16-11)10-6-4-3-5-7-10/h3-7,9H,2,8H2,1H3,(H,17,18,20). The van der Waals surface area contributed by atoms with Gasteiger partial charge in [-0.2, -0.15) is 0 Å². The Morgan fingerprint density at radius 3 is 2.87 bits per heavy atom. The second-order valence-corrected chi connectivity index (χ2v) is 7.89. The van der Waals surface area contributed by atoms with Crippen LogP contribution in [0, 0.1) is 0 Å². The number of amides is 1. The molecule has 2 aromatic heterocycles. The van der Waals surface area contributed by atoms with Crippen molar-refractivity contribution in [2.45, 2.75) is 17.7 Å². The highest BCUT2D eigenvalue weighted by Crippen LogP contribution is 2.26. The second-order valence-electron chi connectivity index (χ2n) is 4.54. The molecule has 0 atom stereocenters. The van der Waals surface area contributed by atoms with Crippen LogP contribution in [0.15, 0.2) is 40.1 Å². The molecule has 118 valence electrons. The quantitative estimate of drug-likeness (QED) is 0.531. The van der Waals surface area contributed by atoms with Gasteiger partial charge < -0.3 is 5.32 Å². The fraction of sp³-hybridized carbons (Fsp3) is 0.200. The number of hydrogen-bond donors (Lipinski definition) is 1. The molecule has 1 N–H and O–H groups in total. The molecule has 0 unspecified atom stereocenters. The lowest BCUT2D eigenvalue weighted by molar-refractivity contribution is -0.115. The van der Waals surface area contributed by atoms with Gasteiger partial charge in [0, 0.05) is 10.9 Å². The van der Waals surface area contributed by atoms with E-state index in [1.807, 2.05) is 35.7 Å². The first-order chi connectivity index (χ1) is 11.2. The Morgan fingerprint density at radius 2 is 2.09 bits per heavy atom. The van der Waals surface area contributed by atoms with E-state index in [0.29, 0.717) is 5.13 Å². The number of nitrogens with zero attached hydrogens (tertiary/aromatic N) is 3. The van der Waals surface area contributed by atoms with E-state index >= 15 is 0 Å².